The topological polar surface area (TPSA) is 28.0 Å². The van der Waals surface area contributed by atoms with Crippen molar-refractivity contribution in [1.82, 2.24) is 4.90 Å². The quantitative estimate of drug-likeness (QED) is 0.175. The summed E-state index contributed by atoms with van der Waals surface area (Å²) < 4.78 is 0. The van der Waals surface area contributed by atoms with Gasteiger partial charge >= 0.3 is 0 Å². The highest BCUT2D eigenvalue weighted by atomic mass is 15.3. The maximum Gasteiger partial charge on any atom is 0.159 e. The van der Waals surface area contributed by atoms with E-state index in [0.717, 1.165) is 39.5 Å². The number of hydrogen-bond acceptors (Lipinski definition) is 3. The van der Waals surface area contributed by atoms with Crippen LogP contribution in [0.15, 0.2) is 186 Å². The number of hydrogen-bond donors (Lipinski definition) is 0. The lowest BCUT2D eigenvalue weighted by Gasteiger charge is -2.32. The molecule has 1 heterocycles. The van der Waals surface area contributed by atoms with Gasteiger partial charge in [-0.05, 0) is 78.3 Å². The molecule has 0 bridgehead atoms. The Kier molecular flexibility index (Phi) is 7.09. The van der Waals surface area contributed by atoms with E-state index in [-0.39, 0.29) is 6.17 Å². The monoisotopic (exact) mass is 627 g/mol. The van der Waals surface area contributed by atoms with E-state index >= 15 is 0 Å². The van der Waals surface area contributed by atoms with Gasteiger partial charge in [-0.15, -0.1) is 0 Å². The van der Waals surface area contributed by atoms with Crippen molar-refractivity contribution < 1.29 is 0 Å². The molecule has 49 heavy (non-hydrogen) atoms. The fourth-order valence-corrected chi connectivity index (χ4v) is 7.25. The van der Waals surface area contributed by atoms with Gasteiger partial charge in [0, 0.05) is 18.2 Å². The molecule has 3 heteroatoms. The second-order valence-corrected chi connectivity index (χ2v) is 12.7. The Morgan fingerprint density at radius 1 is 0.388 bits per heavy atom. The summed E-state index contributed by atoms with van der Waals surface area (Å²) in [5.74, 6) is 1.64. The van der Waals surface area contributed by atoms with Crippen LogP contribution >= 0.6 is 0 Å². The molecule has 1 aliphatic rings. The van der Waals surface area contributed by atoms with Crippen LogP contribution in [0.25, 0.3) is 54.6 Å². The molecule has 0 spiro atoms. The van der Waals surface area contributed by atoms with Crippen molar-refractivity contribution in [3.63, 3.8) is 0 Å². The first kappa shape index (κ1) is 28.9. The smallest absolute Gasteiger partial charge is 0.159 e. The zero-order chi connectivity index (χ0) is 32.7. The molecule has 0 saturated carbocycles. The van der Waals surface area contributed by atoms with Crippen LogP contribution in [0.3, 0.4) is 0 Å². The standard InChI is InChI=1S/C46H33N3/c1-49-45(31-14-4-2-5-15-31)47-44(48-46(49)32-16-6-3-7-17-32)37-21-13-20-35(29-37)33-18-12-19-34(28-33)36-26-27-42-40-24-9-8-22-38(40)39-23-10-11-25-41(39)43(42)30-36/h2-30,45H,1H3. The minimum absolute atomic E-state index is 0.183. The lowest BCUT2D eigenvalue weighted by molar-refractivity contribution is 0.383. The predicted molar refractivity (Wildman–Crippen MR) is 206 cm³/mol. The highest BCUT2D eigenvalue weighted by Crippen LogP contribution is 2.38. The zero-order valence-corrected chi connectivity index (χ0v) is 27.2. The summed E-state index contributed by atoms with van der Waals surface area (Å²) in [7, 11) is 2.07. The molecule has 1 atom stereocenters. The summed E-state index contributed by atoms with van der Waals surface area (Å²) >= 11 is 0. The minimum Gasteiger partial charge on any atom is -0.333 e. The molecule has 1 unspecified atom stereocenters. The molecule has 232 valence electrons. The third-order valence-corrected chi connectivity index (χ3v) is 9.68. The van der Waals surface area contributed by atoms with E-state index in [1.807, 2.05) is 12.1 Å². The SMILES string of the molecule is CN1C(c2ccccc2)=NC(c2cccc(-c3cccc(-c4ccc5c6ccccc6c6ccccc6c5c4)c3)c2)=NC1c1ccccc1. The van der Waals surface area contributed by atoms with Crippen molar-refractivity contribution in [2.45, 2.75) is 6.17 Å². The van der Waals surface area contributed by atoms with Crippen LogP contribution in [-0.2, 0) is 0 Å². The summed E-state index contributed by atoms with van der Waals surface area (Å²) in [6, 6.07) is 62.7. The predicted octanol–water partition coefficient (Wildman–Crippen LogP) is 11.3. The first-order valence-electron chi connectivity index (χ1n) is 16.8. The summed E-state index contributed by atoms with van der Waals surface area (Å²) in [6.07, 6.45) is -0.183. The average Bonchev–Trinajstić information content (AvgIpc) is 3.19. The van der Waals surface area contributed by atoms with Crippen LogP contribution in [0.5, 0.6) is 0 Å². The number of fused-ring (bicyclic) bond motifs is 6. The Labute approximate surface area is 286 Å². The minimum atomic E-state index is -0.183. The van der Waals surface area contributed by atoms with Gasteiger partial charge in [0.15, 0.2) is 5.84 Å². The molecule has 8 aromatic carbocycles. The van der Waals surface area contributed by atoms with Crippen LogP contribution in [0, 0.1) is 0 Å². The van der Waals surface area contributed by atoms with Gasteiger partial charge in [0.25, 0.3) is 0 Å². The van der Waals surface area contributed by atoms with E-state index in [1.165, 1.54) is 43.4 Å². The van der Waals surface area contributed by atoms with E-state index in [2.05, 4.69) is 176 Å². The molecule has 9 rings (SSSR count). The number of nitrogens with zero attached hydrogens (tertiary/aromatic N) is 3. The Balaban J connectivity index is 1.13. The van der Waals surface area contributed by atoms with Crippen molar-refractivity contribution in [2.75, 3.05) is 7.05 Å². The second kappa shape index (κ2) is 12.0. The molecule has 1 aliphatic heterocycles. The molecule has 0 aliphatic carbocycles. The maximum atomic E-state index is 5.21. The summed E-state index contributed by atoms with van der Waals surface area (Å²) in [5, 5.41) is 7.72. The van der Waals surface area contributed by atoms with Crippen molar-refractivity contribution in [3.05, 3.63) is 193 Å². The lowest BCUT2D eigenvalue weighted by atomic mass is 9.91. The molecular weight excluding hydrogens is 595 g/mol. The summed E-state index contributed by atoms with van der Waals surface area (Å²) in [6.45, 7) is 0. The van der Waals surface area contributed by atoms with Crippen LogP contribution in [-0.4, -0.2) is 23.6 Å². The molecule has 8 aromatic rings. The van der Waals surface area contributed by atoms with Crippen LogP contribution in [0.1, 0.15) is 22.9 Å². The molecule has 0 fully saturated rings. The Morgan fingerprint density at radius 3 is 1.45 bits per heavy atom. The molecule has 0 amide bonds. The van der Waals surface area contributed by atoms with Gasteiger partial charge in [-0.3, -0.25) is 0 Å². The first-order valence-corrected chi connectivity index (χ1v) is 16.8. The van der Waals surface area contributed by atoms with Crippen LogP contribution in [0.2, 0.25) is 0 Å². The normalized spacial score (nSPS) is 14.6. The molecule has 3 nitrogen and oxygen atoms in total. The number of aliphatic imine (C=N–C) groups is 2. The van der Waals surface area contributed by atoms with Gasteiger partial charge in [0.2, 0.25) is 0 Å². The van der Waals surface area contributed by atoms with Gasteiger partial charge in [0.05, 0.1) is 0 Å². The van der Waals surface area contributed by atoms with Crippen molar-refractivity contribution in [2.24, 2.45) is 9.98 Å². The van der Waals surface area contributed by atoms with E-state index in [1.54, 1.807) is 0 Å². The van der Waals surface area contributed by atoms with Gasteiger partial charge in [-0.2, -0.15) is 0 Å². The second-order valence-electron chi connectivity index (χ2n) is 12.7. The molecule has 0 N–H and O–H groups in total. The lowest BCUT2D eigenvalue weighted by Crippen LogP contribution is -2.35. The van der Waals surface area contributed by atoms with Crippen LogP contribution in [0.4, 0.5) is 0 Å². The highest BCUT2D eigenvalue weighted by molar-refractivity contribution is 6.25. The highest BCUT2D eigenvalue weighted by Gasteiger charge is 2.26. The van der Waals surface area contributed by atoms with E-state index in [9.17, 15) is 0 Å². The summed E-state index contributed by atoms with van der Waals surface area (Å²) in [5.41, 5.74) is 7.87. The fraction of sp³-hybridized carbons (Fsp3) is 0.0435. The Bertz CT molecular complexity index is 2530. The molecule has 0 radical (unpaired) electrons. The van der Waals surface area contributed by atoms with Gasteiger partial charge in [0.1, 0.15) is 12.0 Å². The van der Waals surface area contributed by atoms with Crippen molar-refractivity contribution >= 4 is 44.0 Å². The molecule has 0 saturated heterocycles. The van der Waals surface area contributed by atoms with E-state index < -0.39 is 0 Å². The van der Waals surface area contributed by atoms with Crippen molar-refractivity contribution in [3.8, 4) is 22.3 Å². The fourth-order valence-electron chi connectivity index (χ4n) is 7.25. The number of amidine groups is 2. The van der Waals surface area contributed by atoms with E-state index in [0.29, 0.717) is 0 Å². The average molecular weight is 628 g/mol. The van der Waals surface area contributed by atoms with Gasteiger partial charge in [-0.25, -0.2) is 9.98 Å². The van der Waals surface area contributed by atoms with Gasteiger partial charge in [-0.1, -0.05) is 158 Å². The van der Waals surface area contributed by atoms with E-state index in [4.69, 9.17) is 9.98 Å². The first-order chi connectivity index (χ1) is 24.2. The maximum absolute atomic E-state index is 5.21. The number of rotatable bonds is 5. The molecule has 0 aromatic heterocycles. The Morgan fingerprint density at radius 2 is 0.837 bits per heavy atom. The summed E-state index contributed by atoms with van der Waals surface area (Å²) in [4.78, 5) is 12.5. The zero-order valence-electron chi connectivity index (χ0n) is 27.2. The molecular formula is C46H33N3. The third kappa shape index (κ3) is 5.17. The third-order valence-electron chi connectivity index (χ3n) is 9.68. The Hall–Kier alpha value is -6.32. The van der Waals surface area contributed by atoms with Crippen LogP contribution < -0.4 is 0 Å². The number of benzene rings is 8. The van der Waals surface area contributed by atoms with Crippen molar-refractivity contribution in [1.29, 1.82) is 0 Å². The largest absolute Gasteiger partial charge is 0.333 e. The van der Waals surface area contributed by atoms with Gasteiger partial charge < -0.3 is 4.90 Å².